The first kappa shape index (κ1) is 15.9. The fourth-order valence-electron chi connectivity index (χ4n) is 1.89. The molecule has 0 saturated carbocycles. The van der Waals surface area contributed by atoms with E-state index in [1.807, 2.05) is 0 Å². The van der Waals surface area contributed by atoms with Crippen LogP contribution in [0.1, 0.15) is 30.8 Å². The van der Waals surface area contributed by atoms with Crippen LogP contribution in [-0.2, 0) is 0 Å². The van der Waals surface area contributed by atoms with Crippen LogP contribution in [-0.4, -0.2) is 17.4 Å². The van der Waals surface area contributed by atoms with Gasteiger partial charge in [0.2, 0.25) is 0 Å². The van der Waals surface area contributed by atoms with Gasteiger partial charge in [0, 0.05) is 6.54 Å². The van der Waals surface area contributed by atoms with Gasteiger partial charge in [-0.3, -0.25) is 4.79 Å². The molecule has 5 heteroatoms. The average molecular weight is 301 g/mol. The van der Waals surface area contributed by atoms with E-state index >= 15 is 0 Å². The van der Waals surface area contributed by atoms with Gasteiger partial charge in [0.1, 0.15) is 11.5 Å². The molecule has 1 amide bonds. The van der Waals surface area contributed by atoms with Crippen molar-refractivity contribution in [2.45, 2.75) is 20.3 Å². The van der Waals surface area contributed by atoms with E-state index in [1.54, 1.807) is 30.5 Å². The molecule has 1 aromatic heterocycles. The van der Waals surface area contributed by atoms with Crippen molar-refractivity contribution in [2.24, 2.45) is 5.92 Å². The SMILES string of the molecule is CC(C)CCNc1ccc(C(=O)Nc2ccccc2F)nc1. The van der Waals surface area contributed by atoms with Crippen LogP contribution in [0.3, 0.4) is 0 Å². The fraction of sp³-hybridized carbons (Fsp3) is 0.294. The van der Waals surface area contributed by atoms with E-state index < -0.39 is 11.7 Å². The van der Waals surface area contributed by atoms with Crippen LogP contribution in [0, 0.1) is 11.7 Å². The number of rotatable bonds is 6. The lowest BCUT2D eigenvalue weighted by Crippen LogP contribution is -2.14. The number of pyridine rings is 1. The molecule has 0 bridgehead atoms. The quantitative estimate of drug-likeness (QED) is 0.850. The third-order valence-electron chi connectivity index (χ3n) is 3.17. The number of para-hydroxylation sites is 1. The van der Waals surface area contributed by atoms with E-state index in [4.69, 9.17) is 0 Å². The third-order valence-corrected chi connectivity index (χ3v) is 3.17. The predicted octanol–water partition coefficient (Wildman–Crippen LogP) is 3.93. The number of carbonyl (C=O) groups is 1. The topological polar surface area (TPSA) is 54.0 Å². The van der Waals surface area contributed by atoms with Gasteiger partial charge < -0.3 is 10.6 Å². The molecule has 2 N–H and O–H groups in total. The van der Waals surface area contributed by atoms with Crippen molar-refractivity contribution >= 4 is 17.3 Å². The lowest BCUT2D eigenvalue weighted by Gasteiger charge is -2.09. The van der Waals surface area contributed by atoms with E-state index in [1.165, 1.54) is 12.1 Å². The molecule has 0 saturated heterocycles. The zero-order chi connectivity index (χ0) is 15.9. The van der Waals surface area contributed by atoms with Crippen LogP contribution >= 0.6 is 0 Å². The van der Waals surface area contributed by atoms with Crippen molar-refractivity contribution in [3.63, 3.8) is 0 Å². The van der Waals surface area contributed by atoms with Gasteiger partial charge >= 0.3 is 0 Å². The van der Waals surface area contributed by atoms with Crippen molar-refractivity contribution < 1.29 is 9.18 Å². The van der Waals surface area contributed by atoms with Gasteiger partial charge in [-0.25, -0.2) is 9.37 Å². The van der Waals surface area contributed by atoms with Gasteiger partial charge in [-0.15, -0.1) is 0 Å². The van der Waals surface area contributed by atoms with Crippen molar-refractivity contribution in [3.8, 4) is 0 Å². The number of hydrogen-bond donors (Lipinski definition) is 2. The smallest absolute Gasteiger partial charge is 0.274 e. The Balaban J connectivity index is 1.95. The Labute approximate surface area is 129 Å². The summed E-state index contributed by atoms with van der Waals surface area (Å²) in [6, 6.07) is 9.45. The number of halogens is 1. The standard InChI is InChI=1S/C17H20FN3O/c1-12(2)9-10-19-13-7-8-16(20-11-13)17(22)21-15-6-4-3-5-14(15)18/h3-8,11-12,19H,9-10H2,1-2H3,(H,21,22). The monoisotopic (exact) mass is 301 g/mol. The van der Waals surface area contributed by atoms with Crippen molar-refractivity contribution in [1.29, 1.82) is 0 Å². The minimum Gasteiger partial charge on any atom is -0.384 e. The van der Waals surface area contributed by atoms with E-state index in [2.05, 4.69) is 29.5 Å². The molecule has 1 heterocycles. The highest BCUT2D eigenvalue weighted by molar-refractivity contribution is 6.03. The Bertz CT molecular complexity index is 626. The summed E-state index contributed by atoms with van der Waals surface area (Å²) in [5.41, 5.74) is 1.26. The predicted molar refractivity (Wildman–Crippen MR) is 86.5 cm³/mol. The second-order valence-electron chi connectivity index (χ2n) is 5.48. The number of nitrogens with one attached hydrogen (secondary N) is 2. The first-order valence-electron chi connectivity index (χ1n) is 7.32. The van der Waals surface area contributed by atoms with Crippen LogP contribution in [0.25, 0.3) is 0 Å². The molecule has 2 aromatic rings. The maximum Gasteiger partial charge on any atom is 0.274 e. The molecular weight excluding hydrogens is 281 g/mol. The Morgan fingerprint density at radius 1 is 1.23 bits per heavy atom. The zero-order valence-corrected chi connectivity index (χ0v) is 12.8. The van der Waals surface area contributed by atoms with Crippen LogP contribution < -0.4 is 10.6 Å². The number of benzene rings is 1. The van der Waals surface area contributed by atoms with Gasteiger partial charge in [-0.1, -0.05) is 26.0 Å². The number of aromatic nitrogens is 1. The zero-order valence-electron chi connectivity index (χ0n) is 12.8. The van der Waals surface area contributed by atoms with Gasteiger partial charge in [0.25, 0.3) is 5.91 Å². The van der Waals surface area contributed by atoms with Gasteiger partial charge in [-0.2, -0.15) is 0 Å². The third kappa shape index (κ3) is 4.55. The molecule has 0 aliphatic carbocycles. The number of hydrogen-bond acceptors (Lipinski definition) is 3. The molecule has 116 valence electrons. The van der Waals surface area contributed by atoms with Gasteiger partial charge in [-0.05, 0) is 36.6 Å². The Kier molecular flexibility index (Phi) is 5.47. The molecule has 0 unspecified atom stereocenters. The first-order valence-corrected chi connectivity index (χ1v) is 7.32. The summed E-state index contributed by atoms with van der Waals surface area (Å²) in [6.07, 6.45) is 2.67. The molecule has 1 aromatic carbocycles. The maximum atomic E-state index is 13.5. The highest BCUT2D eigenvalue weighted by Gasteiger charge is 2.10. The lowest BCUT2D eigenvalue weighted by molar-refractivity contribution is 0.102. The van der Waals surface area contributed by atoms with Crippen LogP contribution in [0.5, 0.6) is 0 Å². The summed E-state index contributed by atoms with van der Waals surface area (Å²) < 4.78 is 13.5. The Hall–Kier alpha value is -2.43. The number of carbonyl (C=O) groups excluding carboxylic acids is 1. The number of nitrogens with zero attached hydrogens (tertiary/aromatic N) is 1. The largest absolute Gasteiger partial charge is 0.384 e. The minimum absolute atomic E-state index is 0.147. The summed E-state index contributed by atoms with van der Waals surface area (Å²) >= 11 is 0. The van der Waals surface area contributed by atoms with Gasteiger partial charge in [0.05, 0.1) is 17.6 Å². The molecule has 0 aliphatic rings. The Morgan fingerprint density at radius 2 is 2.00 bits per heavy atom. The molecule has 0 radical (unpaired) electrons. The normalized spacial score (nSPS) is 10.5. The average Bonchev–Trinajstić information content (AvgIpc) is 2.50. The molecule has 22 heavy (non-hydrogen) atoms. The molecule has 2 rings (SSSR count). The summed E-state index contributed by atoms with van der Waals surface area (Å²) in [5, 5.41) is 5.75. The molecule has 4 nitrogen and oxygen atoms in total. The highest BCUT2D eigenvalue weighted by Crippen LogP contribution is 2.14. The summed E-state index contributed by atoms with van der Waals surface area (Å²) in [4.78, 5) is 16.1. The highest BCUT2D eigenvalue weighted by atomic mass is 19.1. The van der Waals surface area contributed by atoms with Crippen LogP contribution in [0.4, 0.5) is 15.8 Å². The first-order chi connectivity index (χ1) is 10.6. The summed E-state index contributed by atoms with van der Waals surface area (Å²) in [6.45, 7) is 5.19. The minimum atomic E-state index is -0.470. The molecule has 0 atom stereocenters. The summed E-state index contributed by atoms with van der Waals surface area (Å²) in [7, 11) is 0. The Morgan fingerprint density at radius 3 is 2.64 bits per heavy atom. The van der Waals surface area contributed by atoms with Crippen molar-refractivity contribution in [2.75, 3.05) is 17.2 Å². The van der Waals surface area contributed by atoms with Gasteiger partial charge in [0.15, 0.2) is 0 Å². The van der Waals surface area contributed by atoms with Crippen LogP contribution in [0.15, 0.2) is 42.6 Å². The van der Waals surface area contributed by atoms with E-state index in [0.29, 0.717) is 5.92 Å². The van der Waals surface area contributed by atoms with Crippen molar-refractivity contribution in [1.82, 2.24) is 4.98 Å². The number of amides is 1. The van der Waals surface area contributed by atoms with E-state index in [-0.39, 0.29) is 11.4 Å². The fourth-order valence-corrected chi connectivity index (χ4v) is 1.89. The van der Waals surface area contributed by atoms with E-state index in [9.17, 15) is 9.18 Å². The van der Waals surface area contributed by atoms with E-state index in [0.717, 1.165) is 18.7 Å². The molecule has 0 fully saturated rings. The van der Waals surface area contributed by atoms with Crippen molar-refractivity contribution in [3.05, 3.63) is 54.1 Å². The number of anilines is 2. The molecule has 0 spiro atoms. The molecule has 0 aliphatic heterocycles. The van der Waals surface area contributed by atoms with Crippen LogP contribution in [0.2, 0.25) is 0 Å². The summed E-state index contributed by atoms with van der Waals surface area (Å²) in [5.74, 6) is -0.270. The lowest BCUT2D eigenvalue weighted by atomic mass is 10.1. The second kappa shape index (κ2) is 7.54. The second-order valence-corrected chi connectivity index (χ2v) is 5.48. The maximum absolute atomic E-state index is 13.5. The molecular formula is C17H20FN3O.